The molecule has 1 fully saturated rings. The van der Waals surface area contributed by atoms with E-state index < -0.39 is 27.9 Å². The van der Waals surface area contributed by atoms with E-state index in [1.807, 2.05) is 0 Å². The number of piperidine rings is 1. The number of anilines is 1. The predicted molar refractivity (Wildman–Crippen MR) is 108 cm³/mol. The maximum atomic E-state index is 13.1. The van der Waals surface area contributed by atoms with Crippen LogP contribution in [-0.4, -0.2) is 44.2 Å². The van der Waals surface area contributed by atoms with Crippen molar-refractivity contribution in [1.82, 2.24) is 4.31 Å². The number of hydrogen-bond acceptors (Lipinski definition) is 5. The van der Waals surface area contributed by atoms with Crippen molar-refractivity contribution in [1.29, 1.82) is 0 Å². The zero-order chi connectivity index (χ0) is 21.0. The first-order chi connectivity index (χ1) is 13.8. The van der Waals surface area contributed by atoms with Crippen LogP contribution in [0.2, 0.25) is 0 Å². The Bertz CT molecular complexity index is 1010. The Morgan fingerprint density at radius 2 is 1.86 bits per heavy atom. The summed E-state index contributed by atoms with van der Waals surface area (Å²) < 4.78 is 32.6. The lowest BCUT2D eigenvalue weighted by molar-refractivity contribution is -0.120. The molecule has 1 saturated heterocycles. The summed E-state index contributed by atoms with van der Waals surface area (Å²) in [6.07, 6.45) is 1.81. The van der Waals surface area contributed by atoms with Gasteiger partial charge in [-0.15, -0.1) is 0 Å². The highest BCUT2D eigenvalue weighted by Gasteiger charge is 2.37. The van der Waals surface area contributed by atoms with Gasteiger partial charge in [-0.1, -0.05) is 24.6 Å². The average molecular weight is 417 g/mol. The minimum absolute atomic E-state index is 0.146. The van der Waals surface area contributed by atoms with Gasteiger partial charge in [0, 0.05) is 12.1 Å². The van der Waals surface area contributed by atoms with Crippen LogP contribution in [0.25, 0.3) is 0 Å². The first-order valence-electron chi connectivity index (χ1n) is 9.20. The number of hydrogen-bond donors (Lipinski definition) is 2. The number of primary amides is 1. The predicted octanol–water partition coefficient (Wildman–Crippen LogP) is 1.98. The van der Waals surface area contributed by atoms with Gasteiger partial charge in [0.05, 0.1) is 17.7 Å². The van der Waals surface area contributed by atoms with Crippen molar-refractivity contribution < 1.29 is 22.7 Å². The lowest BCUT2D eigenvalue weighted by Crippen LogP contribution is -2.49. The number of carbonyl (C=O) groups is 2. The van der Waals surface area contributed by atoms with Crippen LogP contribution in [0.1, 0.15) is 29.6 Å². The number of ether oxygens (including phenoxy) is 1. The topological polar surface area (TPSA) is 119 Å². The molecule has 0 aromatic heterocycles. The highest BCUT2D eigenvalue weighted by molar-refractivity contribution is 7.89. The number of benzene rings is 2. The van der Waals surface area contributed by atoms with E-state index in [2.05, 4.69) is 5.32 Å². The second-order valence-electron chi connectivity index (χ2n) is 6.71. The molecule has 29 heavy (non-hydrogen) atoms. The van der Waals surface area contributed by atoms with E-state index in [4.69, 9.17) is 10.5 Å². The Morgan fingerprint density at radius 1 is 1.14 bits per heavy atom. The van der Waals surface area contributed by atoms with Gasteiger partial charge in [-0.25, -0.2) is 8.42 Å². The molecule has 0 bridgehead atoms. The number of nitrogens with one attached hydrogen (secondary N) is 1. The van der Waals surface area contributed by atoms with Crippen molar-refractivity contribution in [3.05, 3.63) is 54.1 Å². The van der Waals surface area contributed by atoms with E-state index >= 15 is 0 Å². The number of methoxy groups -OCH3 is 1. The van der Waals surface area contributed by atoms with E-state index in [-0.39, 0.29) is 22.7 Å². The Morgan fingerprint density at radius 3 is 2.52 bits per heavy atom. The zero-order valence-corrected chi connectivity index (χ0v) is 16.8. The molecule has 1 unspecified atom stereocenters. The Hall–Kier alpha value is -2.91. The van der Waals surface area contributed by atoms with Crippen molar-refractivity contribution in [2.24, 2.45) is 5.73 Å². The summed E-state index contributed by atoms with van der Waals surface area (Å²) in [4.78, 5) is 24.6. The SMILES string of the molecule is COc1ccc(C(N)=O)cc1NC(=O)C1CCCCN1S(=O)(=O)c1ccccc1. The largest absolute Gasteiger partial charge is 0.495 e. The molecule has 1 aliphatic rings. The molecule has 0 saturated carbocycles. The third-order valence-corrected chi connectivity index (χ3v) is 6.77. The molecule has 3 rings (SSSR count). The average Bonchev–Trinajstić information content (AvgIpc) is 2.74. The molecule has 9 heteroatoms. The van der Waals surface area contributed by atoms with Gasteiger partial charge < -0.3 is 15.8 Å². The summed E-state index contributed by atoms with van der Waals surface area (Å²) in [5, 5.41) is 2.70. The molecule has 0 radical (unpaired) electrons. The summed E-state index contributed by atoms with van der Waals surface area (Å²) in [6.45, 7) is 0.258. The van der Waals surface area contributed by atoms with Crippen LogP contribution in [0.3, 0.4) is 0 Å². The van der Waals surface area contributed by atoms with Gasteiger partial charge in [-0.2, -0.15) is 4.31 Å². The maximum Gasteiger partial charge on any atom is 0.248 e. The molecule has 154 valence electrons. The molecule has 2 aromatic rings. The Labute approximate surface area is 169 Å². The first-order valence-corrected chi connectivity index (χ1v) is 10.6. The third kappa shape index (κ3) is 4.41. The summed E-state index contributed by atoms with van der Waals surface area (Å²) in [7, 11) is -2.39. The van der Waals surface area contributed by atoms with Gasteiger partial charge in [0.2, 0.25) is 21.8 Å². The summed E-state index contributed by atoms with van der Waals surface area (Å²) >= 11 is 0. The summed E-state index contributed by atoms with van der Waals surface area (Å²) in [5.74, 6) is -0.783. The van der Waals surface area contributed by atoms with Gasteiger partial charge in [0.25, 0.3) is 0 Å². The number of carbonyl (C=O) groups excluding carboxylic acids is 2. The number of nitrogens with two attached hydrogens (primary N) is 1. The standard InChI is InChI=1S/C20H23N3O5S/c1-28-18-11-10-14(19(21)24)13-16(18)22-20(25)17-9-5-6-12-23(17)29(26,27)15-7-3-2-4-8-15/h2-4,7-8,10-11,13,17H,5-6,9,12H2,1H3,(H2,21,24)(H,22,25). The smallest absolute Gasteiger partial charge is 0.248 e. The highest BCUT2D eigenvalue weighted by atomic mass is 32.2. The molecule has 2 aromatic carbocycles. The molecule has 1 heterocycles. The van der Waals surface area contributed by atoms with E-state index in [0.717, 1.165) is 6.42 Å². The van der Waals surface area contributed by atoms with Gasteiger partial charge in [0.1, 0.15) is 11.8 Å². The van der Waals surface area contributed by atoms with Crippen LogP contribution in [0.4, 0.5) is 5.69 Å². The second-order valence-corrected chi connectivity index (χ2v) is 8.60. The molecular weight excluding hydrogens is 394 g/mol. The number of sulfonamides is 1. The minimum atomic E-state index is -3.82. The number of nitrogens with zero attached hydrogens (tertiary/aromatic N) is 1. The normalized spacial score (nSPS) is 17.5. The monoisotopic (exact) mass is 417 g/mol. The van der Waals surface area contributed by atoms with Crippen LogP contribution in [0.5, 0.6) is 5.75 Å². The van der Waals surface area contributed by atoms with Crippen molar-refractivity contribution in [3.8, 4) is 5.75 Å². The zero-order valence-electron chi connectivity index (χ0n) is 16.0. The number of rotatable bonds is 6. The molecule has 3 N–H and O–H groups in total. The molecular formula is C20H23N3O5S. The highest BCUT2D eigenvalue weighted by Crippen LogP contribution is 2.29. The van der Waals surface area contributed by atoms with E-state index in [1.165, 1.54) is 41.7 Å². The van der Waals surface area contributed by atoms with E-state index in [1.54, 1.807) is 18.2 Å². The minimum Gasteiger partial charge on any atom is -0.495 e. The quantitative estimate of drug-likeness (QED) is 0.745. The van der Waals surface area contributed by atoms with Crippen molar-refractivity contribution in [3.63, 3.8) is 0 Å². The van der Waals surface area contributed by atoms with Crippen LogP contribution in [0, 0.1) is 0 Å². The summed E-state index contributed by atoms with van der Waals surface area (Å²) in [5.41, 5.74) is 5.78. The fourth-order valence-corrected chi connectivity index (χ4v) is 5.04. The lowest BCUT2D eigenvalue weighted by Gasteiger charge is -2.33. The van der Waals surface area contributed by atoms with Gasteiger partial charge in [-0.05, 0) is 43.2 Å². The van der Waals surface area contributed by atoms with Crippen LogP contribution in [-0.2, 0) is 14.8 Å². The van der Waals surface area contributed by atoms with Gasteiger partial charge in [-0.3, -0.25) is 9.59 Å². The molecule has 1 aliphatic heterocycles. The first kappa shape index (κ1) is 20.8. The fraction of sp³-hybridized carbons (Fsp3) is 0.300. The maximum absolute atomic E-state index is 13.1. The Balaban J connectivity index is 1.89. The molecule has 0 aliphatic carbocycles. The molecule has 8 nitrogen and oxygen atoms in total. The van der Waals surface area contributed by atoms with Crippen molar-refractivity contribution >= 4 is 27.5 Å². The van der Waals surface area contributed by atoms with E-state index in [0.29, 0.717) is 18.6 Å². The second kappa shape index (κ2) is 8.62. The van der Waals surface area contributed by atoms with Crippen LogP contribution < -0.4 is 15.8 Å². The lowest BCUT2D eigenvalue weighted by atomic mass is 10.0. The number of amides is 2. The van der Waals surface area contributed by atoms with E-state index in [9.17, 15) is 18.0 Å². The van der Waals surface area contributed by atoms with Gasteiger partial charge >= 0.3 is 0 Å². The van der Waals surface area contributed by atoms with Crippen molar-refractivity contribution in [2.45, 2.75) is 30.2 Å². The molecule has 1 atom stereocenters. The fourth-order valence-electron chi connectivity index (χ4n) is 3.36. The van der Waals surface area contributed by atoms with Gasteiger partial charge in [0.15, 0.2) is 0 Å². The third-order valence-electron chi connectivity index (χ3n) is 4.85. The van der Waals surface area contributed by atoms with Crippen LogP contribution in [0.15, 0.2) is 53.4 Å². The molecule has 0 spiro atoms. The Kier molecular flexibility index (Phi) is 6.19. The summed E-state index contributed by atoms with van der Waals surface area (Å²) in [6, 6.07) is 11.6. The molecule has 2 amide bonds. The van der Waals surface area contributed by atoms with Crippen molar-refractivity contribution in [2.75, 3.05) is 19.0 Å². The van der Waals surface area contributed by atoms with Crippen LogP contribution >= 0.6 is 0 Å².